The van der Waals surface area contributed by atoms with Crippen LogP contribution >= 0.6 is 11.3 Å². The van der Waals surface area contributed by atoms with Crippen molar-refractivity contribution < 1.29 is 24.2 Å². The van der Waals surface area contributed by atoms with Gasteiger partial charge in [0.05, 0.1) is 18.1 Å². The average Bonchev–Trinajstić information content (AvgIpc) is 3.35. The monoisotopic (exact) mass is 437 g/mol. The minimum Gasteiger partial charge on any atom is -0.504 e. The van der Waals surface area contributed by atoms with Gasteiger partial charge in [-0.2, -0.15) is 0 Å². The number of ketones is 1. The number of fused-ring (bicyclic) bond motifs is 1. The summed E-state index contributed by atoms with van der Waals surface area (Å²) < 4.78 is 12.7. The number of imidazole rings is 1. The molecule has 4 aromatic rings. The van der Waals surface area contributed by atoms with Crippen LogP contribution in [0.3, 0.4) is 0 Å². The lowest BCUT2D eigenvalue weighted by atomic mass is 10.1. The third kappa shape index (κ3) is 3.82. The van der Waals surface area contributed by atoms with Gasteiger partial charge in [0, 0.05) is 29.3 Å². The van der Waals surface area contributed by atoms with E-state index >= 15 is 0 Å². The smallest absolute Gasteiger partial charge is 0.262 e. The summed E-state index contributed by atoms with van der Waals surface area (Å²) in [6.07, 6.45) is 1.58. The number of hydrogen-bond acceptors (Lipinski definition) is 7. The summed E-state index contributed by atoms with van der Waals surface area (Å²) in [6.45, 7) is 1.60. The number of carbonyl (C=O) groups is 2. The summed E-state index contributed by atoms with van der Waals surface area (Å²) in [7, 11) is 1.46. The van der Waals surface area contributed by atoms with E-state index in [1.54, 1.807) is 41.2 Å². The van der Waals surface area contributed by atoms with Gasteiger partial charge >= 0.3 is 0 Å². The number of Topliss-reactive ketones (excluding diaryl/α,β-unsaturated/α-hetero) is 1. The van der Waals surface area contributed by atoms with Gasteiger partial charge in [0.25, 0.3) is 5.91 Å². The molecule has 9 heteroatoms. The van der Waals surface area contributed by atoms with E-state index in [1.807, 2.05) is 6.07 Å². The number of hydrogen-bond donors (Lipinski definition) is 2. The van der Waals surface area contributed by atoms with Gasteiger partial charge in [0.2, 0.25) is 0 Å². The number of phenolic OH excluding ortho intramolecular Hbond substituents is 1. The molecule has 0 aliphatic carbocycles. The van der Waals surface area contributed by atoms with Gasteiger partial charge in [-0.25, -0.2) is 4.98 Å². The first-order valence-corrected chi connectivity index (χ1v) is 10.1. The van der Waals surface area contributed by atoms with Crippen molar-refractivity contribution in [1.29, 1.82) is 0 Å². The van der Waals surface area contributed by atoms with Gasteiger partial charge in [-0.15, -0.1) is 11.3 Å². The Morgan fingerprint density at radius 2 is 1.97 bits per heavy atom. The van der Waals surface area contributed by atoms with Crippen LogP contribution in [-0.2, 0) is 6.61 Å². The molecule has 3 N–H and O–H groups in total. The summed E-state index contributed by atoms with van der Waals surface area (Å²) in [5.41, 5.74) is 8.07. The number of amides is 1. The summed E-state index contributed by atoms with van der Waals surface area (Å²) in [4.78, 5) is 28.4. The number of aromatic hydroxyl groups is 1. The highest BCUT2D eigenvalue weighted by Crippen LogP contribution is 2.36. The quantitative estimate of drug-likeness (QED) is 0.426. The number of primary amides is 1. The first kappa shape index (κ1) is 20.4. The molecule has 0 bridgehead atoms. The van der Waals surface area contributed by atoms with Crippen molar-refractivity contribution in [2.45, 2.75) is 13.5 Å². The number of methoxy groups -OCH3 is 1. The molecule has 0 spiro atoms. The number of aromatic nitrogens is 2. The maximum absolute atomic E-state index is 12.0. The molecule has 0 aliphatic heterocycles. The highest BCUT2D eigenvalue weighted by molar-refractivity contribution is 7.16. The molecule has 1 amide bonds. The zero-order valence-electron chi connectivity index (χ0n) is 16.8. The van der Waals surface area contributed by atoms with E-state index in [-0.39, 0.29) is 23.0 Å². The Balaban J connectivity index is 1.70. The standard InChI is InChI=1S/C22H19N3O5S/c1-12(26)14-6-4-3-5-13(14)10-30-19-9-20(31-21(19)22(23)28)25-11-24-15-7-18(29-2)17(27)8-16(15)25/h3-9,11,27H,10H2,1-2H3,(H2,23,28). The van der Waals surface area contributed by atoms with Gasteiger partial charge in [0.15, 0.2) is 17.3 Å². The predicted octanol–water partition coefficient (Wildman–Crippen LogP) is 3.68. The lowest BCUT2D eigenvalue weighted by molar-refractivity contribution is 0.0993. The zero-order chi connectivity index (χ0) is 22.1. The summed E-state index contributed by atoms with van der Waals surface area (Å²) in [6, 6.07) is 12.0. The molecular formula is C22H19N3O5S. The van der Waals surface area contributed by atoms with Crippen molar-refractivity contribution in [3.8, 4) is 22.2 Å². The van der Waals surface area contributed by atoms with Crippen LogP contribution in [0.5, 0.6) is 17.2 Å². The van der Waals surface area contributed by atoms with Crippen molar-refractivity contribution in [3.63, 3.8) is 0 Å². The van der Waals surface area contributed by atoms with Crippen molar-refractivity contribution in [3.05, 3.63) is 64.8 Å². The van der Waals surface area contributed by atoms with Crippen LogP contribution in [0.25, 0.3) is 16.0 Å². The Morgan fingerprint density at radius 3 is 2.68 bits per heavy atom. The van der Waals surface area contributed by atoms with E-state index in [9.17, 15) is 14.7 Å². The van der Waals surface area contributed by atoms with E-state index in [4.69, 9.17) is 15.2 Å². The Kier molecular flexibility index (Phi) is 5.35. The van der Waals surface area contributed by atoms with Crippen LogP contribution in [-0.4, -0.2) is 33.5 Å². The highest BCUT2D eigenvalue weighted by atomic mass is 32.1. The number of nitrogens with zero attached hydrogens (tertiary/aromatic N) is 2. The van der Waals surface area contributed by atoms with E-state index in [1.165, 1.54) is 20.1 Å². The molecular weight excluding hydrogens is 418 g/mol. The van der Waals surface area contributed by atoms with Crippen LogP contribution in [0.4, 0.5) is 0 Å². The minimum absolute atomic E-state index is 0.0271. The fourth-order valence-electron chi connectivity index (χ4n) is 3.27. The minimum atomic E-state index is -0.625. The Bertz CT molecular complexity index is 1310. The molecule has 0 aliphatic rings. The maximum Gasteiger partial charge on any atom is 0.262 e. The molecule has 2 aromatic heterocycles. The highest BCUT2D eigenvalue weighted by Gasteiger charge is 2.19. The second-order valence-electron chi connectivity index (χ2n) is 6.77. The van der Waals surface area contributed by atoms with Crippen molar-refractivity contribution in [2.24, 2.45) is 5.73 Å². The van der Waals surface area contributed by atoms with Crippen LogP contribution in [0.1, 0.15) is 32.5 Å². The molecule has 0 saturated carbocycles. The van der Waals surface area contributed by atoms with Gasteiger partial charge in [0.1, 0.15) is 28.6 Å². The van der Waals surface area contributed by atoms with E-state index in [0.717, 1.165) is 11.3 Å². The largest absolute Gasteiger partial charge is 0.504 e. The molecule has 2 aromatic carbocycles. The number of phenols is 1. The molecule has 0 atom stereocenters. The Hall–Kier alpha value is -3.85. The predicted molar refractivity (Wildman–Crippen MR) is 116 cm³/mol. The number of thiophene rings is 1. The number of carbonyl (C=O) groups excluding carboxylic acids is 2. The molecule has 0 fully saturated rings. The first-order chi connectivity index (χ1) is 14.9. The molecule has 2 heterocycles. The van der Waals surface area contributed by atoms with Crippen LogP contribution < -0.4 is 15.2 Å². The van der Waals surface area contributed by atoms with E-state index in [0.29, 0.717) is 38.7 Å². The van der Waals surface area contributed by atoms with Crippen molar-refractivity contribution in [1.82, 2.24) is 9.55 Å². The van der Waals surface area contributed by atoms with Crippen LogP contribution in [0, 0.1) is 0 Å². The van der Waals surface area contributed by atoms with Crippen molar-refractivity contribution in [2.75, 3.05) is 7.11 Å². The first-order valence-electron chi connectivity index (χ1n) is 9.28. The van der Waals surface area contributed by atoms with Crippen LogP contribution in [0.2, 0.25) is 0 Å². The number of rotatable bonds is 7. The molecule has 0 unspecified atom stereocenters. The van der Waals surface area contributed by atoms with Gasteiger partial charge in [-0.1, -0.05) is 24.3 Å². The third-order valence-electron chi connectivity index (χ3n) is 4.77. The van der Waals surface area contributed by atoms with E-state index < -0.39 is 5.91 Å². The third-order valence-corrected chi connectivity index (χ3v) is 5.90. The molecule has 4 rings (SSSR count). The number of ether oxygens (including phenoxy) is 2. The number of nitrogens with two attached hydrogens (primary N) is 1. The fraction of sp³-hybridized carbons (Fsp3) is 0.136. The second-order valence-corrected chi connectivity index (χ2v) is 7.80. The van der Waals surface area contributed by atoms with Crippen LogP contribution in [0.15, 0.2) is 48.8 Å². The average molecular weight is 437 g/mol. The molecule has 31 heavy (non-hydrogen) atoms. The fourth-order valence-corrected chi connectivity index (χ4v) is 4.21. The molecule has 158 valence electrons. The summed E-state index contributed by atoms with van der Waals surface area (Å²) in [5, 5.41) is 10.8. The molecule has 8 nitrogen and oxygen atoms in total. The zero-order valence-corrected chi connectivity index (χ0v) is 17.6. The number of benzene rings is 2. The van der Waals surface area contributed by atoms with E-state index in [2.05, 4.69) is 4.98 Å². The lowest BCUT2D eigenvalue weighted by Crippen LogP contribution is -2.11. The molecule has 0 radical (unpaired) electrons. The van der Waals surface area contributed by atoms with Gasteiger partial charge < -0.3 is 20.3 Å². The topological polar surface area (TPSA) is 117 Å². The van der Waals surface area contributed by atoms with Crippen molar-refractivity contribution >= 4 is 34.1 Å². The molecule has 0 saturated heterocycles. The van der Waals surface area contributed by atoms with Gasteiger partial charge in [-0.05, 0) is 6.92 Å². The summed E-state index contributed by atoms with van der Waals surface area (Å²) >= 11 is 1.15. The Labute approximate surface area is 181 Å². The second kappa shape index (κ2) is 8.11. The Morgan fingerprint density at radius 1 is 1.19 bits per heavy atom. The maximum atomic E-state index is 12.0. The normalized spacial score (nSPS) is 10.9. The lowest BCUT2D eigenvalue weighted by Gasteiger charge is -2.09. The summed E-state index contributed by atoms with van der Waals surface area (Å²) in [5.74, 6) is -0.0957. The van der Waals surface area contributed by atoms with Gasteiger partial charge in [-0.3, -0.25) is 14.2 Å². The SMILES string of the molecule is COc1cc2ncn(-c3cc(OCc4ccccc4C(C)=O)c(C(N)=O)s3)c2cc1O.